The lowest BCUT2D eigenvalue weighted by Crippen LogP contribution is -2.41. The molecule has 1 saturated heterocycles. The summed E-state index contributed by atoms with van der Waals surface area (Å²) in [6.07, 6.45) is 5.77. The van der Waals surface area contributed by atoms with E-state index >= 15 is 0 Å². The summed E-state index contributed by atoms with van der Waals surface area (Å²) in [5, 5.41) is 4.22. The fourth-order valence-corrected chi connectivity index (χ4v) is 4.85. The number of carbonyl (C=O) groups excluding carboxylic acids is 1. The summed E-state index contributed by atoms with van der Waals surface area (Å²) < 4.78 is 10.8. The Morgan fingerprint density at radius 2 is 2.17 bits per heavy atom. The van der Waals surface area contributed by atoms with Crippen molar-refractivity contribution in [3.8, 4) is 0 Å². The van der Waals surface area contributed by atoms with Crippen LogP contribution in [0.25, 0.3) is 10.2 Å². The van der Waals surface area contributed by atoms with E-state index in [0.717, 1.165) is 54.1 Å². The highest BCUT2D eigenvalue weighted by Gasteiger charge is 2.27. The topological polar surface area (TPSA) is 80.5 Å². The van der Waals surface area contributed by atoms with Crippen LogP contribution in [0, 0.1) is 19.8 Å². The Bertz CT molecular complexity index is 978. The molecule has 0 radical (unpaired) electrons. The van der Waals surface area contributed by atoms with E-state index in [0.29, 0.717) is 19.8 Å². The third-order valence-electron chi connectivity index (χ3n) is 5.70. The first-order valence-corrected chi connectivity index (χ1v) is 11.3. The minimum absolute atomic E-state index is 0.0629. The molecule has 1 fully saturated rings. The molecular formula is C22H28N4O3S. The molecule has 1 N–H and O–H groups in total. The van der Waals surface area contributed by atoms with Gasteiger partial charge in [-0.2, -0.15) is 0 Å². The number of rotatable bonds is 8. The Morgan fingerprint density at radius 3 is 2.93 bits per heavy atom. The fraction of sp³-hybridized carbons (Fsp3) is 0.500. The standard InChI is InChI=1S/C22H28N4O3S/c1-15-16(2)30-22-19(15)20(24-14-25-22)26-9-6-17(7-10-26)21(27)23-8-4-11-28-13-18-5-3-12-29-18/h3,5,12,14,17H,4,6-11,13H2,1-2H3,(H,23,27). The smallest absolute Gasteiger partial charge is 0.223 e. The molecule has 0 atom stereocenters. The highest BCUT2D eigenvalue weighted by atomic mass is 32.1. The zero-order valence-electron chi connectivity index (χ0n) is 17.5. The molecule has 3 aromatic heterocycles. The molecule has 3 aromatic rings. The molecule has 0 aromatic carbocycles. The Labute approximate surface area is 180 Å². The number of aryl methyl sites for hydroxylation is 2. The predicted molar refractivity (Wildman–Crippen MR) is 118 cm³/mol. The molecule has 160 valence electrons. The van der Waals surface area contributed by atoms with Crippen LogP contribution in [0.3, 0.4) is 0 Å². The molecule has 30 heavy (non-hydrogen) atoms. The van der Waals surface area contributed by atoms with Gasteiger partial charge in [0.15, 0.2) is 0 Å². The number of amides is 1. The van der Waals surface area contributed by atoms with Gasteiger partial charge in [-0.1, -0.05) is 0 Å². The maximum Gasteiger partial charge on any atom is 0.223 e. The average Bonchev–Trinajstić information content (AvgIpc) is 3.38. The van der Waals surface area contributed by atoms with Crippen LogP contribution in [-0.2, 0) is 16.1 Å². The van der Waals surface area contributed by atoms with Crippen LogP contribution in [0.5, 0.6) is 0 Å². The van der Waals surface area contributed by atoms with Crippen molar-refractivity contribution < 1.29 is 13.9 Å². The van der Waals surface area contributed by atoms with E-state index in [9.17, 15) is 4.79 Å². The van der Waals surface area contributed by atoms with Gasteiger partial charge in [0, 0.05) is 37.0 Å². The number of nitrogens with zero attached hydrogens (tertiary/aromatic N) is 3. The lowest BCUT2D eigenvalue weighted by atomic mass is 9.95. The van der Waals surface area contributed by atoms with E-state index in [1.807, 2.05) is 12.1 Å². The van der Waals surface area contributed by atoms with Crippen LogP contribution >= 0.6 is 11.3 Å². The van der Waals surface area contributed by atoms with E-state index in [1.54, 1.807) is 23.9 Å². The molecule has 0 unspecified atom stereocenters. The Kier molecular flexibility index (Phi) is 6.64. The number of fused-ring (bicyclic) bond motifs is 1. The zero-order chi connectivity index (χ0) is 20.9. The third-order valence-corrected chi connectivity index (χ3v) is 6.81. The van der Waals surface area contributed by atoms with Crippen molar-refractivity contribution in [3.63, 3.8) is 0 Å². The van der Waals surface area contributed by atoms with Gasteiger partial charge in [0.1, 0.15) is 29.3 Å². The number of carbonyl (C=O) groups is 1. The summed E-state index contributed by atoms with van der Waals surface area (Å²) in [6.45, 7) is 7.65. The third kappa shape index (κ3) is 4.65. The van der Waals surface area contributed by atoms with Crippen molar-refractivity contribution in [1.29, 1.82) is 0 Å². The molecule has 1 aliphatic heterocycles. The largest absolute Gasteiger partial charge is 0.467 e. The first-order valence-electron chi connectivity index (χ1n) is 10.5. The molecule has 7 nitrogen and oxygen atoms in total. The highest BCUT2D eigenvalue weighted by molar-refractivity contribution is 7.18. The predicted octanol–water partition coefficient (Wildman–Crippen LogP) is 3.84. The maximum atomic E-state index is 12.5. The fourth-order valence-electron chi connectivity index (χ4n) is 3.85. The van der Waals surface area contributed by atoms with E-state index in [4.69, 9.17) is 9.15 Å². The van der Waals surface area contributed by atoms with Gasteiger partial charge in [-0.05, 0) is 50.8 Å². The Balaban J connectivity index is 1.21. The normalized spacial score (nSPS) is 15.1. The zero-order valence-corrected chi connectivity index (χ0v) is 18.3. The molecule has 8 heteroatoms. The highest BCUT2D eigenvalue weighted by Crippen LogP contribution is 2.35. The van der Waals surface area contributed by atoms with E-state index in [1.165, 1.54) is 10.4 Å². The van der Waals surface area contributed by atoms with Crippen molar-refractivity contribution in [2.45, 2.75) is 39.7 Å². The number of ether oxygens (including phenoxy) is 1. The Hall–Kier alpha value is -2.45. The SMILES string of the molecule is Cc1sc2ncnc(N3CCC(C(=O)NCCCOCc4ccco4)CC3)c2c1C. The van der Waals surface area contributed by atoms with Crippen molar-refractivity contribution in [2.24, 2.45) is 5.92 Å². The summed E-state index contributed by atoms with van der Waals surface area (Å²) in [5.41, 5.74) is 1.26. The lowest BCUT2D eigenvalue weighted by molar-refractivity contribution is -0.125. The molecule has 0 bridgehead atoms. The number of anilines is 1. The number of nitrogens with one attached hydrogen (secondary N) is 1. The van der Waals surface area contributed by atoms with E-state index in [2.05, 4.69) is 34.0 Å². The number of furan rings is 1. The van der Waals surface area contributed by atoms with Crippen LogP contribution in [0.15, 0.2) is 29.1 Å². The quantitative estimate of drug-likeness (QED) is 0.549. The number of thiophene rings is 1. The summed E-state index contributed by atoms with van der Waals surface area (Å²) >= 11 is 1.72. The molecule has 0 aliphatic carbocycles. The Morgan fingerprint density at radius 1 is 1.33 bits per heavy atom. The van der Waals surface area contributed by atoms with Gasteiger partial charge in [0.05, 0.1) is 11.6 Å². The number of hydrogen-bond acceptors (Lipinski definition) is 7. The second-order valence-corrected chi connectivity index (χ2v) is 8.90. The lowest BCUT2D eigenvalue weighted by Gasteiger charge is -2.32. The monoisotopic (exact) mass is 428 g/mol. The minimum Gasteiger partial charge on any atom is -0.467 e. The minimum atomic E-state index is 0.0629. The van der Waals surface area contributed by atoms with Crippen LogP contribution < -0.4 is 10.2 Å². The maximum absolute atomic E-state index is 12.5. The first-order chi connectivity index (χ1) is 14.6. The summed E-state index contributed by atoms with van der Waals surface area (Å²) in [6, 6.07) is 3.74. The van der Waals surface area contributed by atoms with E-state index in [-0.39, 0.29) is 11.8 Å². The molecule has 4 rings (SSSR count). The second kappa shape index (κ2) is 9.57. The first kappa shape index (κ1) is 20.8. The van der Waals surface area contributed by atoms with Gasteiger partial charge in [0.25, 0.3) is 0 Å². The van der Waals surface area contributed by atoms with Gasteiger partial charge in [0.2, 0.25) is 5.91 Å². The van der Waals surface area contributed by atoms with Gasteiger partial charge in [-0.25, -0.2) is 9.97 Å². The van der Waals surface area contributed by atoms with Crippen LogP contribution in [0.2, 0.25) is 0 Å². The van der Waals surface area contributed by atoms with Crippen molar-refractivity contribution >= 4 is 33.3 Å². The number of piperidine rings is 1. The molecule has 1 aliphatic rings. The molecule has 0 saturated carbocycles. The second-order valence-electron chi connectivity index (χ2n) is 7.70. The van der Waals surface area contributed by atoms with Gasteiger partial charge in [-0.3, -0.25) is 4.79 Å². The number of aromatic nitrogens is 2. The van der Waals surface area contributed by atoms with Crippen LogP contribution in [-0.4, -0.2) is 42.1 Å². The van der Waals surface area contributed by atoms with Crippen LogP contribution in [0.4, 0.5) is 5.82 Å². The summed E-state index contributed by atoms with van der Waals surface area (Å²) in [5.74, 6) is 2.04. The average molecular weight is 429 g/mol. The number of hydrogen-bond donors (Lipinski definition) is 1. The van der Waals surface area contributed by atoms with Gasteiger partial charge < -0.3 is 19.4 Å². The van der Waals surface area contributed by atoms with Crippen molar-refractivity contribution in [1.82, 2.24) is 15.3 Å². The van der Waals surface area contributed by atoms with E-state index < -0.39 is 0 Å². The molecular weight excluding hydrogens is 400 g/mol. The van der Waals surface area contributed by atoms with Crippen LogP contribution in [0.1, 0.15) is 35.5 Å². The van der Waals surface area contributed by atoms with Gasteiger partial charge in [-0.15, -0.1) is 11.3 Å². The summed E-state index contributed by atoms with van der Waals surface area (Å²) in [7, 11) is 0. The van der Waals surface area contributed by atoms with Crippen molar-refractivity contribution in [3.05, 3.63) is 40.9 Å². The molecule has 0 spiro atoms. The molecule has 4 heterocycles. The van der Waals surface area contributed by atoms with Gasteiger partial charge >= 0.3 is 0 Å². The molecule has 1 amide bonds. The van der Waals surface area contributed by atoms with Crippen molar-refractivity contribution in [2.75, 3.05) is 31.1 Å². The summed E-state index contributed by atoms with van der Waals surface area (Å²) in [4.78, 5) is 26.2.